The molecule has 1 aliphatic rings. The molecule has 6 nitrogen and oxygen atoms in total. The van der Waals surface area contributed by atoms with E-state index in [1.807, 2.05) is 6.07 Å². The number of hydrogen-bond acceptors (Lipinski definition) is 4. The van der Waals surface area contributed by atoms with Crippen molar-refractivity contribution in [1.82, 2.24) is 14.7 Å². The molecule has 0 spiro atoms. The van der Waals surface area contributed by atoms with Gasteiger partial charge in [0.25, 0.3) is 0 Å². The summed E-state index contributed by atoms with van der Waals surface area (Å²) in [6.45, 7) is 5.37. The fourth-order valence-corrected chi connectivity index (χ4v) is 2.99. The Morgan fingerprint density at radius 1 is 1.24 bits per heavy atom. The lowest BCUT2D eigenvalue weighted by Crippen LogP contribution is -2.43. The molecule has 0 atom stereocenters. The number of ether oxygens (including phenoxy) is 1. The molecule has 1 aliphatic heterocycles. The third-order valence-corrected chi connectivity index (χ3v) is 4.43. The van der Waals surface area contributed by atoms with Crippen LogP contribution in [0.4, 0.5) is 4.79 Å². The third kappa shape index (κ3) is 4.33. The smallest absolute Gasteiger partial charge is 0.344 e. The standard InChI is InChI=1S/C19H23N3O3/c1-14-4-3-5-16(12-14)13-25-17-6-9-21(10-7-17)19(24)22-11-8-18(20-22)15(2)23/h3-5,8,11-12,17H,6-7,9-10,13H2,1-2H3. The predicted octanol–water partition coefficient (Wildman–Crippen LogP) is 3.04. The minimum atomic E-state index is -0.190. The van der Waals surface area contributed by atoms with Crippen LogP contribution in [0.2, 0.25) is 0 Å². The Bertz CT molecular complexity index is 761. The Morgan fingerprint density at radius 3 is 2.64 bits per heavy atom. The zero-order valence-electron chi connectivity index (χ0n) is 14.6. The minimum absolute atomic E-state index is 0.144. The number of hydrogen-bond donors (Lipinski definition) is 0. The van der Waals surface area contributed by atoms with Gasteiger partial charge in [-0.15, -0.1) is 0 Å². The van der Waals surface area contributed by atoms with Gasteiger partial charge in [-0.25, -0.2) is 4.79 Å². The summed E-state index contributed by atoms with van der Waals surface area (Å²) in [4.78, 5) is 25.5. The highest BCUT2D eigenvalue weighted by Gasteiger charge is 2.25. The molecule has 0 aliphatic carbocycles. The van der Waals surface area contributed by atoms with Gasteiger partial charge in [0, 0.05) is 26.2 Å². The maximum absolute atomic E-state index is 12.4. The summed E-state index contributed by atoms with van der Waals surface area (Å²) in [5, 5.41) is 4.03. The Morgan fingerprint density at radius 2 is 2.00 bits per heavy atom. The first-order chi connectivity index (χ1) is 12.0. The zero-order chi connectivity index (χ0) is 17.8. The van der Waals surface area contributed by atoms with Gasteiger partial charge in [0.1, 0.15) is 5.69 Å². The van der Waals surface area contributed by atoms with Crippen LogP contribution in [-0.4, -0.2) is 45.7 Å². The van der Waals surface area contributed by atoms with Crippen LogP contribution in [0.3, 0.4) is 0 Å². The van der Waals surface area contributed by atoms with E-state index in [-0.39, 0.29) is 17.9 Å². The van der Waals surface area contributed by atoms with Crippen LogP contribution >= 0.6 is 0 Å². The number of carbonyl (C=O) groups is 2. The fraction of sp³-hybridized carbons (Fsp3) is 0.421. The van der Waals surface area contributed by atoms with Crippen molar-refractivity contribution in [2.24, 2.45) is 0 Å². The van der Waals surface area contributed by atoms with Gasteiger partial charge in [-0.3, -0.25) is 4.79 Å². The van der Waals surface area contributed by atoms with E-state index in [1.165, 1.54) is 22.7 Å². The van der Waals surface area contributed by atoms with E-state index in [1.54, 1.807) is 17.2 Å². The lowest BCUT2D eigenvalue weighted by molar-refractivity contribution is 0.00434. The second-order valence-electron chi connectivity index (χ2n) is 6.47. The summed E-state index contributed by atoms with van der Waals surface area (Å²) < 4.78 is 7.23. The van der Waals surface area contributed by atoms with Crippen LogP contribution in [0.1, 0.15) is 41.4 Å². The number of piperidine rings is 1. The van der Waals surface area contributed by atoms with Gasteiger partial charge in [-0.05, 0) is 31.4 Å². The van der Waals surface area contributed by atoms with E-state index in [0.29, 0.717) is 25.4 Å². The van der Waals surface area contributed by atoms with Crippen molar-refractivity contribution in [3.05, 3.63) is 53.3 Å². The molecular weight excluding hydrogens is 318 g/mol. The number of nitrogens with zero attached hydrogens (tertiary/aromatic N) is 3. The molecule has 1 aromatic carbocycles. The highest BCUT2D eigenvalue weighted by atomic mass is 16.5. The first-order valence-corrected chi connectivity index (χ1v) is 8.56. The summed E-state index contributed by atoms with van der Waals surface area (Å²) >= 11 is 0. The molecule has 0 saturated carbocycles. The SMILES string of the molecule is CC(=O)c1ccn(C(=O)N2CCC(OCc3cccc(C)c3)CC2)n1. The van der Waals surface area contributed by atoms with Crippen LogP contribution < -0.4 is 0 Å². The second kappa shape index (κ2) is 7.61. The molecule has 2 heterocycles. The van der Waals surface area contributed by atoms with E-state index < -0.39 is 0 Å². The summed E-state index contributed by atoms with van der Waals surface area (Å²) in [6.07, 6.45) is 3.31. The van der Waals surface area contributed by atoms with Crippen molar-refractivity contribution in [2.45, 2.75) is 39.4 Å². The summed E-state index contributed by atoms with van der Waals surface area (Å²) in [5.41, 5.74) is 2.71. The van der Waals surface area contributed by atoms with Crippen LogP contribution in [0.25, 0.3) is 0 Å². The molecule has 25 heavy (non-hydrogen) atoms. The van der Waals surface area contributed by atoms with Crippen molar-refractivity contribution in [2.75, 3.05) is 13.1 Å². The fourth-order valence-electron chi connectivity index (χ4n) is 2.99. The van der Waals surface area contributed by atoms with Crippen LogP contribution in [-0.2, 0) is 11.3 Å². The predicted molar refractivity (Wildman–Crippen MR) is 93.6 cm³/mol. The van der Waals surface area contributed by atoms with E-state index in [4.69, 9.17) is 4.74 Å². The maximum Gasteiger partial charge on any atom is 0.344 e. The first-order valence-electron chi connectivity index (χ1n) is 8.56. The van der Waals surface area contributed by atoms with E-state index in [9.17, 15) is 9.59 Å². The maximum atomic E-state index is 12.4. The van der Waals surface area contributed by atoms with Gasteiger partial charge in [-0.1, -0.05) is 29.8 Å². The summed E-state index contributed by atoms with van der Waals surface area (Å²) in [6, 6.07) is 9.68. The summed E-state index contributed by atoms with van der Waals surface area (Å²) in [7, 11) is 0. The average molecular weight is 341 g/mol. The van der Waals surface area contributed by atoms with E-state index in [0.717, 1.165) is 12.8 Å². The van der Waals surface area contributed by atoms with Gasteiger partial charge in [0.05, 0.1) is 12.7 Å². The molecule has 3 rings (SSSR count). The van der Waals surface area contributed by atoms with Gasteiger partial charge in [0.2, 0.25) is 0 Å². The van der Waals surface area contributed by atoms with Crippen LogP contribution in [0, 0.1) is 6.92 Å². The van der Waals surface area contributed by atoms with Crippen molar-refractivity contribution < 1.29 is 14.3 Å². The number of Topliss-reactive ketones (excluding diaryl/α,β-unsaturated/α-hetero) is 1. The van der Waals surface area contributed by atoms with Gasteiger partial charge < -0.3 is 9.64 Å². The number of likely N-dealkylation sites (tertiary alicyclic amines) is 1. The molecule has 1 amide bonds. The average Bonchev–Trinajstić information content (AvgIpc) is 3.10. The zero-order valence-corrected chi connectivity index (χ0v) is 14.6. The number of rotatable bonds is 4. The Labute approximate surface area is 147 Å². The topological polar surface area (TPSA) is 64.4 Å². The van der Waals surface area contributed by atoms with Crippen molar-refractivity contribution in [3.63, 3.8) is 0 Å². The summed E-state index contributed by atoms with van der Waals surface area (Å²) in [5.74, 6) is -0.144. The molecule has 0 N–H and O–H groups in total. The molecule has 2 aromatic rings. The normalized spacial score (nSPS) is 15.4. The molecule has 6 heteroatoms. The third-order valence-electron chi connectivity index (χ3n) is 4.43. The number of amides is 1. The molecule has 1 saturated heterocycles. The monoisotopic (exact) mass is 341 g/mol. The number of benzene rings is 1. The molecule has 0 unspecified atom stereocenters. The van der Waals surface area contributed by atoms with Gasteiger partial charge >= 0.3 is 6.03 Å². The quantitative estimate of drug-likeness (QED) is 0.802. The number of ketones is 1. The molecule has 1 fully saturated rings. The highest BCUT2D eigenvalue weighted by molar-refractivity contribution is 5.92. The largest absolute Gasteiger partial charge is 0.373 e. The van der Waals surface area contributed by atoms with Gasteiger partial charge in [-0.2, -0.15) is 9.78 Å². The molecule has 0 bridgehead atoms. The number of carbonyl (C=O) groups excluding carboxylic acids is 2. The molecule has 0 radical (unpaired) electrons. The van der Waals surface area contributed by atoms with Crippen LogP contribution in [0.5, 0.6) is 0 Å². The lowest BCUT2D eigenvalue weighted by atomic mass is 10.1. The first kappa shape index (κ1) is 17.4. The van der Waals surface area contributed by atoms with Gasteiger partial charge in [0.15, 0.2) is 5.78 Å². The lowest BCUT2D eigenvalue weighted by Gasteiger charge is -2.31. The number of aromatic nitrogens is 2. The van der Waals surface area contributed by atoms with E-state index in [2.05, 4.69) is 30.2 Å². The van der Waals surface area contributed by atoms with Crippen LogP contribution in [0.15, 0.2) is 36.5 Å². The van der Waals surface area contributed by atoms with Crippen molar-refractivity contribution in [3.8, 4) is 0 Å². The highest BCUT2D eigenvalue weighted by Crippen LogP contribution is 2.17. The number of aryl methyl sites for hydroxylation is 1. The molecule has 1 aromatic heterocycles. The molecular formula is C19H23N3O3. The Balaban J connectivity index is 1.49. The Hall–Kier alpha value is -2.47. The van der Waals surface area contributed by atoms with Crippen molar-refractivity contribution >= 4 is 11.8 Å². The van der Waals surface area contributed by atoms with Crippen molar-refractivity contribution in [1.29, 1.82) is 0 Å². The van der Waals surface area contributed by atoms with E-state index >= 15 is 0 Å². The molecule has 132 valence electrons. The Kier molecular flexibility index (Phi) is 5.28. The second-order valence-corrected chi connectivity index (χ2v) is 6.47. The minimum Gasteiger partial charge on any atom is -0.373 e.